The molecule has 5 rings (SSSR count). The highest BCUT2D eigenvalue weighted by molar-refractivity contribution is 5.16. The van der Waals surface area contributed by atoms with E-state index >= 15 is 0 Å². The summed E-state index contributed by atoms with van der Waals surface area (Å²) < 4.78 is 5.99. The third kappa shape index (κ3) is 7.78. The molecule has 0 saturated heterocycles. The molecule has 40 heavy (non-hydrogen) atoms. The Labute approximate surface area is 242 Å². The number of fused-ring (bicyclic) bond motifs is 2. The number of aromatic nitrogens is 9. The molecule has 1 saturated carbocycles. The Balaban J connectivity index is 0.000000175. The summed E-state index contributed by atoms with van der Waals surface area (Å²) in [4.78, 5) is 0. The van der Waals surface area contributed by atoms with Crippen LogP contribution in [0.3, 0.4) is 0 Å². The highest BCUT2D eigenvalue weighted by Crippen LogP contribution is 2.56. The summed E-state index contributed by atoms with van der Waals surface area (Å²) in [5.74, 6) is 4.77. The van der Waals surface area contributed by atoms with Crippen LogP contribution in [0.2, 0.25) is 0 Å². The van der Waals surface area contributed by atoms with Crippen molar-refractivity contribution in [2.24, 2.45) is 23.7 Å². The molecule has 2 aliphatic rings. The third-order valence-corrected chi connectivity index (χ3v) is 8.29. The maximum absolute atomic E-state index is 4.42. The van der Waals surface area contributed by atoms with Gasteiger partial charge in [0.25, 0.3) is 0 Å². The molecular formula is C31H55N9. The fraction of sp³-hybridized carbons (Fsp3) is 0.806. The number of hydrogen-bond acceptors (Lipinski definition) is 6. The van der Waals surface area contributed by atoms with Gasteiger partial charge in [0.2, 0.25) is 0 Å². The lowest BCUT2D eigenvalue weighted by Crippen LogP contribution is -2.10. The second kappa shape index (κ2) is 13.9. The standard InChI is InChI=1S/C15H25N3.2C8H15N3/c1-9(2)15-11-5-7-13-14(8-6-12(11)15)18(10(3)4)17-16-13;1-6(2)8-5-11(7(3)4)10-9-8;1-6(2)8-5-9-10-11(8)7(3)4/h9-12,15H,5-8H2,1-4H3;2*5-7H,1-4H3. The van der Waals surface area contributed by atoms with Gasteiger partial charge in [-0.1, -0.05) is 57.2 Å². The van der Waals surface area contributed by atoms with Crippen molar-refractivity contribution < 1.29 is 0 Å². The predicted molar refractivity (Wildman–Crippen MR) is 161 cm³/mol. The van der Waals surface area contributed by atoms with Gasteiger partial charge in [0, 0.05) is 24.3 Å². The van der Waals surface area contributed by atoms with Crippen LogP contribution >= 0.6 is 0 Å². The highest BCUT2D eigenvalue weighted by atomic mass is 15.4. The molecule has 0 bridgehead atoms. The van der Waals surface area contributed by atoms with Crippen LogP contribution in [0.5, 0.6) is 0 Å². The van der Waals surface area contributed by atoms with E-state index in [1.807, 2.05) is 21.8 Å². The summed E-state index contributed by atoms with van der Waals surface area (Å²) in [6.45, 7) is 26.1. The minimum absolute atomic E-state index is 0.412. The minimum Gasteiger partial charge on any atom is -0.250 e. The van der Waals surface area contributed by atoms with Gasteiger partial charge >= 0.3 is 0 Å². The number of aryl methyl sites for hydroxylation is 1. The third-order valence-electron chi connectivity index (χ3n) is 8.29. The van der Waals surface area contributed by atoms with E-state index in [-0.39, 0.29) is 0 Å². The second-order valence-corrected chi connectivity index (χ2v) is 13.5. The zero-order valence-corrected chi connectivity index (χ0v) is 27.2. The average Bonchev–Trinajstić information content (AvgIpc) is 3.34. The van der Waals surface area contributed by atoms with Crippen molar-refractivity contribution in [3.05, 3.63) is 35.2 Å². The molecule has 0 aliphatic heterocycles. The summed E-state index contributed by atoms with van der Waals surface area (Å²) >= 11 is 0. The van der Waals surface area contributed by atoms with Crippen molar-refractivity contribution in [3.8, 4) is 0 Å². The van der Waals surface area contributed by atoms with Gasteiger partial charge in [-0.2, -0.15) is 0 Å². The van der Waals surface area contributed by atoms with Crippen LogP contribution in [-0.2, 0) is 12.8 Å². The Morgan fingerprint density at radius 1 is 0.675 bits per heavy atom. The first-order chi connectivity index (χ1) is 18.8. The average molecular weight is 554 g/mol. The van der Waals surface area contributed by atoms with Gasteiger partial charge in [-0.15, -0.1) is 15.3 Å². The van der Waals surface area contributed by atoms with Gasteiger partial charge in [-0.05, 0) is 103 Å². The maximum atomic E-state index is 4.42. The summed E-state index contributed by atoms with van der Waals surface area (Å²) in [5.41, 5.74) is 4.97. The van der Waals surface area contributed by atoms with Crippen LogP contribution in [0.1, 0.15) is 149 Å². The van der Waals surface area contributed by atoms with Crippen molar-refractivity contribution in [3.63, 3.8) is 0 Å². The Hall–Kier alpha value is -2.58. The van der Waals surface area contributed by atoms with Crippen molar-refractivity contribution in [2.45, 2.75) is 139 Å². The highest BCUT2D eigenvalue weighted by Gasteiger charge is 2.50. The topological polar surface area (TPSA) is 92.1 Å². The molecule has 224 valence electrons. The molecule has 3 aromatic rings. The van der Waals surface area contributed by atoms with Crippen LogP contribution in [0.4, 0.5) is 0 Å². The van der Waals surface area contributed by atoms with Crippen LogP contribution in [0.15, 0.2) is 12.4 Å². The van der Waals surface area contributed by atoms with E-state index in [1.54, 1.807) is 0 Å². The molecule has 1 fully saturated rings. The minimum atomic E-state index is 0.412. The predicted octanol–water partition coefficient (Wildman–Crippen LogP) is 7.22. The fourth-order valence-corrected chi connectivity index (χ4v) is 5.97. The van der Waals surface area contributed by atoms with Crippen molar-refractivity contribution in [2.75, 3.05) is 0 Å². The first-order valence-electron chi connectivity index (χ1n) is 15.6. The largest absolute Gasteiger partial charge is 0.250 e. The van der Waals surface area contributed by atoms with Crippen molar-refractivity contribution in [1.29, 1.82) is 0 Å². The summed E-state index contributed by atoms with van der Waals surface area (Å²) in [7, 11) is 0. The Morgan fingerprint density at radius 2 is 1.30 bits per heavy atom. The molecule has 0 aromatic carbocycles. The lowest BCUT2D eigenvalue weighted by Gasteiger charge is -2.12. The Morgan fingerprint density at radius 3 is 1.75 bits per heavy atom. The lowest BCUT2D eigenvalue weighted by atomic mass is 10.0. The summed E-state index contributed by atoms with van der Waals surface area (Å²) in [6.07, 6.45) is 8.86. The molecule has 0 N–H and O–H groups in total. The quantitative estimate of drug-likeness (QED) is 0.320. The van der Waals surface area contributed by atoms with E-state index < -0.39 is 0 Å². The number of rotatable bonds is 6. The molecule has 9 nitrogen and oxygen atoms in total. The zero-order chi connectivity index (χ0) is 29.7. The molecule has 9 heteroatoms. The zero-order valence-electron chi connectivity index (χ0n) is 27.2. The van der Waals surface area contributed by atoms with Crippen LogP contribution in [0, 0.1) is 23.7 Å². The molecule has 3 heterocycles. The van der Waals surface area contributed by atoms with Crippen LogP contribution in [0.25, 0.3) is 0 Å². The van der Waals surface area contributed by atoms with Crippen molar-refractivity contribution in [1.82, 2.24) is 45.0 Å². The molecular weight excluding hydrogens is 498 g/mol. The molecule has 0 radical (unpaired) electrons. The smallest absolute Gasteiger partial charge is 0.0859 e. The normalized spacial score (nSPS) is 20.2. The molecule has 2 aliphatic carbocycles. The monoisotopic (exact) mass is 553 g/mol. The van der Waals surface area contributed by atoms with Gasteiger partial charge in [0.05, 0.1) is 29.0 Å². The van der Waals surface area contributed by atoms with Gasteiger partial charge in [-0.25, -0.2) is 14.0 Å². The number of nitrogens with zero attached hydrogens (tertiary/aromatic N) is 9. The van der Waals surface area contributed by atoms with E-state index in [2.05, 4.69) is 119 Å². The van der Waals surface area contributed by atoms with Crippen LogP contribution in [-0.4, -0.2) is 45.0 Å². The fourth-order valence-electron chi connectivity index (χ4n) is 5.97. The molecule has 0 amide bonds. The van der Waals surface area contributed by atoms with Crippen LogP contribution < -0.4 is 0 Å². The van der Waals surface area contributed by atoms with Gasteiger partial charge < -0.3 is 0 Å². The Bertz CT molecular complexity index is 1120. The summed E-state index contributed by atoms with van der Waals surface area (Å²) in [6, 6.07) is 1.27. The molecule has 0 spiro atoms. The van der Waals surface area contributed by atoms with Gasteiger partial charge in [-0.3, -0.25) is 0 Å². The van der Waals surface area contributed by atoms with Gasteiger partial charge in [0.1, 0.15) is 0 Å². The first-order valence-corrected chi connectivity index (χ1v) is 15.6. The first kappa shape index (κ1) is 31.9. The molecule has 3 aromatic heterocycles. The summed E-state index contributed by atoms with van der Waals surface area (Å²) in [5, 5.41) is 24.7. The SMILES string of the molecule is CC(C)C1C2CCc3nnn(C(C)C)c3CCC21.CC(C)c1cn(C(C)C)nn1.CC(C)c1cnnn1C(C)C. The van der Waals surface area contributed by atoms with E-state index in [0.717, 1.165) is 35.8 Å². The van der Waals surface area contributed by atoms with Crippen molar-refractivity contribution >= 4 is 0 Å². The number of hydrogen-bond donors (Lipinski definition) is 0. The Kier molecular flexibility index (Phi) is 11.1. The van der Waals surface area contributed by atoms with Gasteiger partial charge in [0.15, 0.2) is 0 Å². The van der Waals surface area contributed by atoms with E-state index in [4.69, 9.17) is 0 Å². The molecule has 3 atom stereocenters. The van der Waals surface area contributed by atoms with E-state index in [1.165, 1.54) is 36.3 Å². The lowest BCUT2D eigenvalue weighted by molar-refractivity contribution is 0.472. The van der Waals surface area contributed by atoms with E-state index in [0.29, 0.717) is 30.0 Å². The maximum Gasteiger partial charge on any atom is 0.0859 e. The molecule has 3 unspecified atom stereocenters. The van der Waals surface area contributed by atoms with E-state index in [9.17, 15) is 0 Å². The second-order valence-electron chi connectivity index (χ2n) is 13.5.